The van der Waals surface area contributed by atoms with Gasteiger partial charge in [-0.3, -0.25) is 14.6 Å². The van der Waals surface area contributed by atoms with Crippen molar-refractivity contribution < 1.29 is 41.4 Å². The van der Waals surface area contributed by atoms with Gasteiger partial charge in [-0.05, 0) is 25.1 Å². The molecule has 0 saturated carbocycles. The Morgan fingerprint density at radius 1 is 1.22 bits per heavy atom. The van der Waals surface area contributed by atoms with Gasteiger partial charge in [0.2, 0.25) is 5.82 Å². The number of rotatable bonds is 4. The van der Waals surface area contributed by atoms with Crippen LogP contribution in [0.15, 0.2) is 30.5 Å². The van der Waals surface area contributed by atoms with Crippen LogP contribution in [-0.4, -0.2) is 39.7 Å². The third-order valence-electron chi connectivity index (χ3n) is 5.77. The van der Waals surface area contributed by atoms with Crippen LogP contribution in [0.2, 0.25) is 0 Å². The number of halogens is 5. The number of aromatic hydroxyl groups is 1. The highest BCUT2D eigenvalue weighted by Crippen LogP contribution is 2.54. The van der Waals surface area contributed by atoms with E-state index in [0.717, 1.165) is 19.9 Å². The second-order valence-electron chi connectivity index (χ2n) is 7.73. The molecule has 2 aromatic rings. The molecular weight excluding hydrogens is 439 g/mol. The third-order valence-corrected chi connectivity index (χ3v) is 5.77. The van der Waals surface area contributed by atoms with Crippen LogP contribution in [0.5, 0.6) is 5.75 Å². The molecule has 0 unspecified atom stereocenters. The topological polar surface area (TPSA) is 88.5 Å². The van der Waals surface area contributed by atoms with E-state index in [4.69, 9.17) is 4.74 Å². The molecular formula is C21H19F5N2O4. The molecule has 3 rings (SSSR count). The van der Waals surface area contributed by atoms with Crippen molar-refractivity contribution in [1.29, 1.82) is 0 Å². The summed E-state index contributed by atoms with van der Waals surface area (Å²) >= 11 is 0. The van der Waals surface area contributed by atoms with Crippen LogP contribution in [0.3, 0.4) is 0 Å². The molecule has 0 bridgehead atoms. The minimum atomic E-state index is -4.91. The third kappa shape index (κ3) is 3.92. The zero-order chi connectivity index (χ0) is 24.0. The van der Waals surface area contributed by atoms with E-state index in [-0.39, 0.29) is 11.4 Å². The smallest absolute Gasteiger partial charge is 0.417 e. The molecule has 1 aliphatic heterocycles. The first-order valence-corrected chi connectivity index (χ1v) is 9.47. The maximum atomic E-state index is 14.0. The van der Waals surface area contributed by atoms with Gasteiger partial charge in [0.1, 0.15) is 11.8 Å². The molecule has 1 aliphatic rings. The van der Waals surface area contributed by atoms with Gasteiger partial charge in [0, 0.05) is 36.2 Å². The number of phenolic OH excluding ortho intramolecular Hbond substituents is 1. The SMILES string of the molecule is CC(=O)c1cc(NC(=O)[C@@H]2O[C@](C)(C(F)(F)F)[C@@H](C)[C@H]2c2ccc(F)c(F)c2O)ccn1. The maximum Gasteiger partial charge on any atom is 0.417 e. The highest BCUT2D eigenvalue weighted by molar-refractivity contribution is 5.97. The molecule has 1 aromatic heterocycles. The van der Waals surface area contributed by atoms with Crippen LogP contribution in [0.1, 0.15) is 42.7 Å². The van der Waals surface area contributed by atoms with E-state index in [9.17, 15) is 36.6 Å². The second kappa shape index (κ2) is 8.12. The number of carbonyl (C=O) groups is 2. The molecule has 0 spiro atoms. The van der Waals surface area contributed by atoms with Gasteiger partial charge in [0.15, 0.2) is 23.0 Å². The Kier molecular flexibility index (Phi) is 5.98. The van der Waals surface area contributed by atoms with Crippen LogP contribution in [0.4, 0.5) is 27.6 Å². The molecule has 2 N–H and O–H groups in total. The van der Waals surface area contributed by atoms with Gasteiger partial charge in [0.05, 0.1) is 0 Å². The number of aromatic nitrogens is 1. The summed E-state index contributed by atoms with van der Waals surface area (Å²) in [4.78, 5) is 28.3. The van der Waals surface area contributed by atoms with Crippen LogP contribution in [0.25, 0.3) is 0 Å². The number of alkyl halides is 3. The Bertz CT molecular complexity index is 1070. The molecule has 32 heavy (non-hydrogen) atoms. The molecule has 0 aliphatic carbocycles. The highest BCUT2D eigenvalue weighted by Gasteiger charge is 2.65. The van der Waals surface area contributed by atoms with E-state index < -0.39 is 64.4 Å². The number of Topliss-reactive ketones (excluding diaryl/α,β-unsaturated/α-hetero) is 1. The Morgan fingerprint density at radius 2 is 1.88 bits per heavy atom. The largest absolute Gasteiger partial charge is 0.505 e. The number of ketones is 1. The van der Waals surface area contributed by atoms with Gasteiger partial charge < -0.3 is 15.2 Å². The molecule has 1 fully saturated rings. The summed E-state index contributed by atoms with van der Waals surface area (Å²) in [5.74, 6) is -8.59. The van der Waals surface area contributed by atoms with Crippen molar-refractivity contribution in [3.05, 3.63) is 53.4 Å². The first-order chi connectivity index (χ1) is 14.8. The van der Waals surface area contributed by atoms with Crippen LogP contribution in [-0.2, 0) is 9.53 Å². The summed E-state index contributed by atoms with van der Waals surface area (Å²) in [6.45, 7) is 3.13. The first-order valence-electron chi connectivity index (χ1n) is 9.47. The summed E-state index contributed by atoms with van der Waals surface area (Å²) in [5, 5.41) is 12.4. The van der Waals surface area contributed by atoms with Crippen LogP contribution < -0.4 is 5.32 Å². The summed E-state index contributed by atoms with van der Waals surface area (Å²) in [7, 11) is 0. The maximum absolute atomic E-state index is 14.0. The number of nitrogens with zero attached hydrogens (tertiary/aromatic N) is 1. The second-order valence-corrected chi connectivity index (χ2v) is 7.73. The van der Waals surface area contributed by atoms with Crippen molar-refractivity contribution in [3.8, 4) is 5.75 Å². The van der Waals surface area contributed by atoms with E-state index in [1.54, 1.807) is 0 Å². The van der Waals surface area contributed by atoms with E-state index in [0.29, 0.717) is 6.07 Å². The number of carbonyl (C=O) groups excluding carboxylic acids is 2. The van der Waals surface area contributed by atoms with Gasteiger partial charge >= 0.3 is 6.18 Å². The zero-order valence-electron chi connectivity index (χ0n) is 17.1. The van der Waals surface area contributed by atoms with Crippen molar-refractivity contribution in [2.45, 2.75) is 44.6 Å². The molecule has 1 amide bonds. The molecule has 11 heteroatoms. The monoisotopic (exact) mass is 458 g/mol. The number of hydrogen-bond donors (Lipinski definition) is 2. The van der Waals surface area contributed by atoms with Crippen molar-refractivity contribution in [2.75, 3.05) is 5.32 Å². The van der Waals surface area contributed by atoms with Crippen molar-refractivity contribution in [2.24, 2.45) is 5.92 Å². The van der Waals surface area contributed by atoms with E-state index >= 15 is 0 Å². The van der Waals surface area contributed by atoms with Gasteiger partial charge in [-0.15, -0.1) is 0 Å². The number of benzene rings is 1. The molecule has 1 aromatic carbocycles. The average molecular weight is 458 g/mol. The van der Waals surface area contributed by atoms with Crippen molar-refractivity contribution >= 4 is 17.4 Å². The minimum Gasteiger partial charge on any atom is -0.505 e. The van der Waals surface area contributed by atoms with Crippen molar-refractivity contribution in [3.63, 3.8) is 0 Å². The minimum absolute atomic E-state index is 0.0124. The van der Waals surface area contributed by atoms with E-state index in [1.807, 2.05) is 0 Å². The lowest BCUT2D eigenvalue weighted by atomic mass is 9.77. The zero-order valence-corrected chi connectivity index (χ0v) is 17.1. The molecule has 0 radical (unpaired) electrons. The lowest BCUT2D eigenvalue weighted by Crippen LogP contribution is -2.47. The fraction of sp³-hybridized carbons (Fsp3) is 0.381. The fourth-order valence-corrected chi connectivity index (χ4v) is 3.76. The molecule has 172 valence electrons. The van der Waals surface area contributed by atoms with Gasteiger partial charge in [-0.1, -0.05) is 13.0 Å². The predicted molar refractivity (Wildman–Crippen MR) is 102 cm³/mol. The molecule has 6 nitrogen and oxygen atoms in total. The normalized spacial score (nSPS) is 25.6. The lowest BCUT2D eigenvalue weighted by Gasteiger charge is -2.31. The number of pyridine rings is 1. The molecule has 1 saturated heterocycles. The molecule has 4 atom stereocenters. The Balaban J connectivity index is 2.05. The number of nitrogens with one attached hydrogen (secondary N) is 1. The standard InChI is InChI=1S/C21H19F5N2O4/c1-9-15(12-4-5-13(22)16(23)17(12)30)18(32-20(9,3)21(24,25)26)19(31)28-11-6-7-27-14(8-11)10(2)29/h4-9,15,18,30H,1-3H3,(H,27,28,31)/t9-,15-,18+,20-/m0/s1. The highest BCUT2D eigenvalue weighted by atomic mass is 19.4. The number of hydrogen-bond acceptors (Lipinski definition) is 5. The summed E-state index contributed by atoms with van der Waals surface area (Å²) in [6, 6.07) is 4.11. The van der Waals surface area contributed by atoms with E-state index in [1.165, 1.54) is 25.3 Å². The molecule has 2 heterocycles. The number of amides is 1. The van der Waals surface area contributed by atoms with Crippen LogP contribution >= 0.6 is 0 Å². The van der Waals surface area contributed by atoms with Gasteiger partial charge in [-0.2, -0.15) is 17.6 Å². The predicted octanol–water partition coefficient (Wildman–Crippen LogP) is 4.35. The average Bonchev–Trinajstić information content (AvgIpc) is 2.99. The van der Waals surface area contributed by atoms with Crippen LogP contribution in [0, 0.1) is 17.6 Å². The quantitative estimate of drug-likeness (QED) is 0.526. The van der Waals surface area contributed by atoms with Gasteiger partial charge in [0.25, 0.3) is 5.91 Å². The van der Waals surface area contributed by atoms with Crippen molar-refractivity contribution in [1.82, 2.24) is 4.98 Å². The summed E-state index contributed by atoms with van der Waals surface area (Å²) < 4.78 is 74.1. The number of ether oxygens (including phenoxy) is 1. The lowest BCUT2D eigenvalue weighted by molar-refractivity contribution is -0.272. The Morgan fingerprint density at radius 3 is 2.47 bits per heavy atom. The Hall–Kier alpha value is -3.08. The van der Waals surface area contributed by atoms with E-state index in [2.05, 4.69) is 10.3 Å². The number of anilines is 1. The summed E-state index contributed by atoms with van der Waals surface area (Å²) in [6.07, 6.45) is -5.50. The summed E-state index contributed by atoms with van der Waals surface area (Å²) in [5.41, 5.74) is -3.14. The fourth-order valence-electron chi connectivity index (χ4n) is 3.76. The first kappa shape index (κ1) is 23.6. The number of phenols is 1. The Labute approximate surface area is 179 Å². The van der Waals surface area contributed by atoms with Gasteiger partial charge in [-0.25, -0.2) is 4.39 Å².